The third kappa shape index (κ3) is 2.47. The summed E-state index contributed by atoms with van der Waals surface area (Å²) in [4.78, 5) is 22.7. The van der Waals surface area contributed by atoms with Crippen LogP contribution in [0.2, 0.25) is 0 Å². The average Bonchev–Trinajstić information content (AvgIpc) is 3.04. The molecule has 1 aliphatic heterocycles. The molecule has 1 fully saturated rings. The number of benzene rings is 1. The second kappa shape index (κ2) is 6.01. The van der Waals surface area contributed by atoms with Gasteiger partial charge in [0.1, 0.15) is 5.66 Å². The van der Waals surface area contributed by atoms with Crippen molar-refractivity contribution in [1.29, 1.82) is 0 Å². The standard InChI is InChI=1S/C17H21N7O2/c1-26-14(25)13-11-9-10(5-6-12(11)22-23-13)24-16(19)20-15(18)21-17(24)7-3-2-4-8-17/h5-6,9H,2-4,7-8H2,1H3,(H,22,23)(H4,18,19,20,21). The summed E-state index contributed by atoms with van der Waals surface area (Å²) in [5, 5.41) is 7.57. The third-order valence-electron chi connectivity index (χ3n) is 5.03. The van der Waals surface area contributed by atoms with E-state index in [0.717, 1.165) is 43.3 Å². The van der Waals surface area contributed by atoms with E-state index in [0.29, 0.717) is 11.3 Å². The Hall–Kier alpha value is -3.10. The summed E-state index contributed by atoms with van der Waals surface area (Å²) in [6, 6.07) is 5.63. The predicted molar refractivity (Wildman–Crippen MR) is 99.0 cm³/mol. The highest BCUT2D eigenvalue weighted by atomic mass is 16.5. The number of hydrogen-bond donors (Lipinski definition) is 3. The van der Waals surface area contributed by atoms with Crippen molar-refractivity contribution in [3.8, 4) is 0 Å². The molecule has 0 saturated heterocycles. The van der Waals surface area contributed by atoms with Crippen LogP contribution in [-0.2, 0) is 4.74 Å². The maximum absolute atomic E-state index is 12.0. The Kier molecular flexibility index (Phi) is 3.78. The van der Waals surface area contributed by atoms with Crippen LogP contribution in [0.1, 0.15) is 42.6 Å². The van der Waals surface area contributed by atoms with Crippen molar-refractivity contribution < 1.29 is 9.53 Å². The number of aromatic amines is 1. The van der Waals surface area contributed by atoms with Crippen LogP contribution in [0.15, 0.2) is 28.2 Å². The fourth-order valence-corrected chi connectivity index (χ4v) is 3.89. The SMILES string of the molecule is COC(=O)c1n[nH]c2ccc(N3C(N)=NC(N)=NC34CCCCC4)cc12. The number of H-pyrrole nitrogens is 1. The fourth-order valence-electron chi connectivity index (χ4n) is 3.89. The lowest BCUT2D eigenvalue weighted by Gasteiger charge is -2.45. The van der Waals surface area contributed by atoms with E-state index in [1.165, 1.54) is 7.11 Å². The molecule has 9 heteroatoms. The number of carbonyl (C=O) groups excluding carboxylic acids is 1. The van der Waals surface area contributed by atoms with Gasteiger partial charge in [-0.2, -0.15) is 10.1 Å². The number of carbonyl (C=O) groups is 1. The summed E-state index contributed by atoms with van der Waals surface area (Å²) in [6.45, 7) is 0. The Balaban J connectivity index is 1.84. The number of nitrogens with two attached hydrogens (primary N) is 2. The molecule has 0 atom stereocenters. The quantitative estimate of drug-likeness (QED) is 0.698. The van der Waals surface area contributed by atoms with Gasteiger partial charge in [-0.05, 0) is 43.9 Å². The molecule has 26 heavy (non-hydrogen) atoms. The van der Waals surface area contributed by atoms with Gasteiger partial charge in [-0.25, -0.2) is 9.79 Å². The summed E-state index contributed by atoms with van der Waals surface area (Å²) in [5.41, 5.74) is 13.4. The number of aliphatic imine (C=N–C) groups is 2. The molecule has 0 bridgehead atoms. The number of ether oxygens (including phenoxy) is 1. The molecule has 1 spiro atoms. The maximum atomic E-state index is 12.0. The molecule has 2 aromatic rings. The monoisotopic (exact) mass is 355 g/mol. The zero-order chi connectivity index (χ0) is 18.3. The first-order chi connectivity index (χ1) is 12.5. The molecule has 9 nitrogen and oxygen atoms in total. The van der Waals surface area contributed by atoms with Crippen LogP contribution in [0, 0.1) is 0 Å². The van der Waals surface area contributed by atoms with Crippen molar-refractivity contribution in [2.75, 3.05) is 12.0 Å². The number of hydrogen-bond acceptors (Lipinski definition) is 8. The van der Waals surface area contributed by atoms with Crippen molar-refractivity contribution in [2.24, 2.45) is 21.5 Å². The average molecular weight is 355 g/mol. The molecular weight excluding hydrogens is 334 g/mol. The van der Waals surface area contributed by atoms with Crippen LogP contribution in [0.3, 0.4) is 0 Å². The van der Waals surface area contributed by atoms with Crippen molar-refractivity contribution in [1.82, 2.24) is 10.2 Å². The topological polar surface area (TPSA) is 135 Å². The molecule has 1 aromatic heterocycles. The van der Waals surface area contributed by atoms with Gasteiger partial charge in [0.15, 0.2) is 5.69 Å². The molecular formula is C17H21N7O2. The van der Waals surface area contributed by atoms with Crippen molar-refractivity contribution in [3.05, 3.63) is 23.9 Å². The molecule has 136 valence electrons. The first-order valence-electron chi connectivity index (χ1n) is 8.60. The molecule has 4 rings (SSSR count). The number of fused-ring (bicyclic) bond motifs is 1. The maximum Gasteiger partial charge on any atom is 0.359 e. The minimum absolute atomic E-state index is 0.209. The van der Waals surface area contributed by atoms with Gasteiger partial charge < -0.3 is 16.2 Å². The Morgan fingerprint density at radius 1 is 1.27 bits per heavy atom. The van der Waals surface area contributed by atoms with Crippen LogP contribution in [-0.4, -0.2) is 40.9 Å². The number of aromatic nitrogens is 2. The molecule has 1 aromatic carbocycles. The molecule has 2 aliphatic rings. The minimum atomic E-state index is -0.531. The van der Waals surface area contributed by atoms with Crippen LogP contribution >= 0.6 is 0 Å². The van der Waals surface area contributed by atoms with Crippen LogP contribution in [0.4, 0.5) is 5.69 Å². The minimum Gasteiger partial charge on any atom is -0.464 e. The van der Waals surface area contributed by atoms with E-state index in [1.54, 1.807) is 0 Å². The van der Waals surface area contributed by atoms with Gasteiger partial charge in [0.05, 0.1) is 12.6 Å². The highest BCUT2D eigenvalue weighted by Gasteiger charge is 2.42. The lowest BCUT2D eigenvalue weighted by atomic mass is 9.87. The van der Waals surface area contributed by atoms with Gasteiger partial charge in [-0.3, -0.25) is 10.00 Å². The summed E-state index contributed by atoms with van der Waals surface area (Å²) in [5.74, 6) is 0.0190. The number of esters is 1. The number of nitrogens with one attached hydrogen (secondary N) is 1. The number of methoxy groups -OCH3 is 1. The Bertz CT molecular complexity index is 924. The summed E-state index contributed by atoms with van der Waals surface area (Å²) < 4.78 is 4.81. The summed E-state index contributed by atoms with van der Waals surface area (Å²) >= 11 is 0. The van der Waals surface area contributed by atoms with E-state index in [-0.39, 0.29) is 11.7 Å². The Morgan fingerprint density at radius 2 is 2.04 bits per heavy atom. The van der Waals surface area contributed by atoms with Gasteiger partial charge >= 0.3 is 5.97 Å². The third-order valence-corrected chi connectivity index (χ3v) is 5.03. The van der Waals surface area contributed by atoms with Crippen molar-refractivity contribution >= 4 is 34.5 Å². The van der Waals surface area contributed by atoms with E-state index in [9.17, 15) is 4.79 Å². The number of rotatable bonds is 2. The predicted octanol–water partition coefficient (Wildman–Crippen LogP) is 1.46. The summed E-state index contributed by atoms with van der Waals surface area (Å²) in [6.07, 6.45) is 4.94. The first-order valence-corrected chi connectivity index (χ1v) is 8.60. The zero-order valence-electron chi connectivity index (χ0n) is 14.5. The van der Waals surface area contributed by atoms with Gasteiger partial charge in [0.2, 0.25) is 11.9 Å². The molecule has 0 radical (unpaired) electrons. The van der Waals surface area contributed by atoms with Crippen molar-refractivity contribution in [3.63, 3.8) is 0 Å². The van der Waals surface area contributed by atoms with Gasteiger partial charge in [0.25, 0.3) is 0 Å². The second-order valence-electron chi connectivity index (χ2n) is 6.61. The van der Waals surface area contributed by atoms with Crippen LogP contribution < -0.4 is 16.4 Å². The van der Waals surface area contributed by atoms with Gasteiger partial charge in [-0.15, -0.1) is 0 Å². The summed E-state index contributed by atoms with van der Waals surface area (Å²) in [7, 11) is 1.33. The smallest absolute Gasteiger partial charge is 0.359 e. The fraction of sp³-hybridized carbons (Fsp3) is 0.412. The number of guanidine groups is 2. The van der Waals surface area contributed by atoms with E-state index in [4.69, 9.17) is 16.2 Å². The lowest BCUT2D eigenvalue weighted by molar-refractivity contribution is 0.0596. The highest BCUT2D eigenvalue weighted by molar-refractivity contribution is 6.08. The van der Waals surface area contributed by atoms with Crippen molar-refractivity contribution in [2.45, 2.75) is 37.8 Å². The number of nitrogens with zero attached hydrogens (tertiary/aromatic N) is 4. The second-order valence-corrected chi connectivity index (χ2v) is 6.61. The van der Waals surface area contributed by atoms with Gasteiger partial charge in [0, 0.05) is 11.1 Å². The molecule has 0 amide bonds. The largest absolute Gasteiger partial charge is 0.464 e. The normalized spacial score (nSPS) is 19.3. The van der Waals surface area contributed by atoms with Gasteiger partial charge in [-0.1, -0.05) is 6.42 Å². The molecule has 0 unspecified atom stereocenters. The van der Waals surface area contributed by atoms with E-state index in [1.807, 2.05) is 23.1 Å². The Labute approximate surface area is 150 Å². The zero-order valence-corrected chi connectivity index (χ0v) is 14.5. The van der Waals surface area contributed by atoms with E-state index in [2.05, 4.69) is 20.2 Å². The van der Waals surface area contributed by atoms with E-state index >= 15 is 0 Å². The first kappa shape index (κ1) is 16.4. The molecule has 1 saturated carbocycles. The van der Waals surface area contributed by atoms with Crippen LogP contribution in [0.5, 0.6) is 0 Å². The highest BCUT2D eigenvalue weighted by Crippen LogP contribution is 2.40. The number of anilines is 1. The lowest BCUT2D eigenvalue weighted by Crippen LogP contribution is -2.58. The molecule has 1 aliphatic carbocycles. The molecule has 5 N–H and O–H groups in total. The Morgan fingerprint density at radius 3 is 2.77 bits per heavy atom. The van der Waals surface area contributed by atoms with Crippen LogP contribution in [0.25, 0.3) is 10.9 Å². The molecule has 2 heterocycles. The van der Waals surface area contributed by atoms with E-state index < -0.39 is 11.6 Å².